The number of pyridine rings is 1. The third kappa shape index (κ3) is 2.05. The van der Waals surface area contributed by atoms with Gasteiger partial charge in [0.25, 0.3) is 0 Å². The normalized spacial score (nSPS) is 19.2. The zero-order chi connectivity index (χ0) is 11.8. The van der Waals surface area contributed by atoms with Gasteiger partial charge in [-0.25, -0.2) is 0 Å². The molecule has 1 aromatic carbocycles. The summed E-state index contributed by atoms with van der Waals surface area (Å²) in [7, 11) is 0. The highest BCUT2D eigenvalue weighted by atomic mass is 14.7. The predicted molar refractivity (Wildman–Crippen MR) is 70.6 cm³/mol. The Morgan fingerprint density at radius 2 is 2.06 bits per heavy atom. The van der Waals surface area contributed by atoms with Crippen molar-refractivity contribution in [2.45, 2.75) is 25.8 Å². The predicted octanol–water partition coefficient (Wildman–Crippen LogP) is 3.28. The molecule has 2 nitrogen and oxygen atoms in total. The highest BCUT2D eigenvalue weighted by molar-refractivity contribution is 5.78. The van der Waals surface area contributed by atoms with Gasteiger partial charge in [-0.15, -0.1) is 0 Å². The maximum atomic E-state index is 6.33. The third-order valence-electron chi connectivity index (χ3n) is 3.93. The Morgan fingerprint density at radius 1 is 1.29 bits per heavy atom. The van der Waals surface area contributed by atoms with E-state index >= 15 is 0 Å². The largest absolute Gasteiger partial charge is 0.324 e. The molecule has 1 aliphatic rings. The maximum Gasteiger partial charge on any atom is 0.0702 e. The minimum absolute atomic E-state index is 0.125. The first-order chi connectivity index (χ1) is 8.25. The number of para-hydroxylation sites is 1. The van der Waals surface area contributed by atoms with Crippen LogP contribution in [-0.4, -0.2) is 4.98 Å². The van der Waals surface area contributed by atoms with Gasteiger partial charge in [-0.1, -0.05) is 25.1 Å². The standard InChI is InChI=1S/C15H18N2/c1-10(11-6-7-11)15(16)13-8-12-4-2-3-5-14(12)17-9-13/h2-5,8-11,15H,6-7,16H2,1H3. The van der Waals surface area contributed by atoms with Crippen molar-refractivity contribution < 1.29 is 0 Å². The Bertz CT molecular complexity index is 531. The second-order valence-corrected chi connectivity index (χ2v) is 5.18. The van der Waals surface area contributed by atoms with E-state index < -0.39 is 0 Å². The van der Waals surface area contributed by atoms with Gasteiger partial charge in [0.15, 0.2) is 0 Å². The van der Waals surface area contributed by atoms with Crippen LogP contribution in [0.2, 0.25) is 0 Å². The van der Waals surface area contributed by atoms with Crippen LogP contribution in [0.5, 0.6) is 0 Å². The van der Waals surface area contributed by atoms with Gasteiger partial charge < -0.3 is 5.73 Å². The third-order valence-corrected chi connectivity index (χ3v) is 3.93. The number of hydrogen-bond acceptors (Lipinski definition) is 2. The van der Waals surface area contributed by atoms with E-state index in [1.165, 1.54) is 23.8 Å². The van der Waals surface area contributed by atoms with Crippen LogP contribution in [0, 0.1) is 11.8 Å². The molecule has 1 fully saturated rings. The molecule has 2 heteroatoms. The molecule has 1 saturated carbocycles. The highest BCUT2D eigenvalue weighted by Gasteiger charge is 2.32. The van der Waals surface area contributed by atoms with Gasteiger partial charge in [0, 0.05) is 17.6 Å². The number of rotatable bonds is 3. The van der Waals surface area contributed by atoms with E-state index in [0.717, 1.165) is 11.4 Å². The summed E-state index contributed by atoms with van der Waals surface area (Å²) in [6, 6.07) is 10.5. The van der Waals surface area contributed by atoms with E-state index in [1.54, 1.807) is 0 Å². The molecule has 17 heavy (non-hydrogen) atoms. The molecule has 1 aromatic heterocycles. The van der Waals surface area contributed by atoms with Crippen LogP contribution >= 0.6 is 0 Å². The lowest BCUT2D eigenvalue weighted by atomic mass is 9.92. The molecule has 2 aromatic rings. The molecular formula is C15H18N2. The number of hydrogen-bond donors (Lipinski definition) is 1. The van der Waals surface area contributed by atoms with Crippen LogP contribution < -0.4 is 5.73 Å². The van der Waals surface area contributed by atoms with Crippen molar-refractivity contribution in [3.8, 4) is 0 Å². The lowest BCUT2D eigenvalue weighted by Gasteiger charge is -2.19. The Morgan fingerprint density at radius 3 is 2.82 bits per heavy atom. The number of aromatic nitrogens is 1. The van der Waals surface area contributed by atoms with E-state index in [0.29, 0.717) is 5.92 Å². The molecule has 1 aliphatic carbocycles. The van der Waals surface area contributed by atoms with Crippen molar-refractivity contribution in [3.63, 3.8) is 0 Å². The Hall–Kier alpha value is -1.41. The summed E-state index contributed by atoms with van der Waals surface area (Å²) in [4.78, 5) is 4.48. The first kappa shape index (κ1) is 10.7. The quantitative estimate of drug-likeness (QED) is 0.872. The SMILES string of the molecule is CC(C1CC1)C(N)c1cnc2ccccc2c1. The van der Waals surface area contributed by atoms with Gasteiger partial charge in [0.1, 0.15) is 0 Å². The van der Waals surface area contributed by atoms with Crippen molar-refractivity contribution in [1.29, 1.82) is 0 Å². The van der Waals surface area contributed by atoms with Crippen LogP contribution in [0.1, 0.15) is 31.4 Å². The molecule has 0 bridgehead atoms. The molecule has 2 unspecified atom stereocenters. The Labute approximate surface area is 102 Å². The second kappa shape index (κ2) is 4.11. The van der Waals surface area contributed by atoms with Crippen LogP contribution in [0.25, 0.3) is 10.9 Å². The summed E-state index contributed by atoms with van der Waals surface area (Å²) in [5.41, 5.74) is 8.54. The van der Waals surface area contributed by atoms with E-state index in [2.05, 4.69) is 24.0 Å². The lowest BCUT2D eigenvalue weighted by molar-refractivity contribution is 0.417. The fraction of sp³-hybridized carbons (Fsp3) is 0.400. The molecule has 3 rings (SSSR count). The monoisotopic (exact) mass is 226 g/mol. The summed E-state index contributed by atoms with van der Waals surface area (Å²) in [5, 5.41) is 1.18. The molecular weight excluding hydrogens is 208 g/mol. The van der Waals surface area contributed by atoms with Crippen LogP contribution in [0.4, 0.5) is 0 Å². The smallest absolute Gasteiger partial charge is 0.0702 e. The van der Waals surface area contributed by atoms with E-state index in [1.807, 2.05) is 24.4 Å². The fourth-order valence-corrected chi connectivity index (χ4v) is 2.49. The van der Waals surface area contributed by atoms with Crippen LogP contribution in [0.15, 0.2) is 36.5 Å². The van der Waals surface area contributed by atoms with Crippen molar-refractivity contribution in [2.75, 3.05) is 0 Å². The summed E-state index contributed by atoms with van der Waals surface area (Å²) < 4.78 is 0. The average molecular weight is 226 g/mol. The van der Waals surface area contributed by atoms with E-state index in [9.17, 15) is 0 Å². The summed E-state index contributed by atoms with van der Waals surface area (Å²) >= 11 is 0. The van der Waals surface area contributed by atoms with Gasteiger partial charge in [0.2, 0.25) is 0 Å². The number of fused-ring (bicyclic) bond motifs is 1. The molecule has 0 radical (unpaired) electrons. The lowest BCUT2D eigenvalue weighted by Crippen LogP contribution is -2.20. The zero-order valence-electron chi connectivity index (χ0n) is 10.1. The fourth-order valence-electron chi connectivity index (χ4n) is 2.49. The molecule has 88 valence electrons. The Balaban J connectivity index is 1.93. The van der Waals surface area contributed by atoms with Gasteiger partial charge in [-0.2, -0.15) is 0 Å². The first-order valence-electron chi connectivity index (χ1n) is 6.36. The summed E-state index contributed by atoms with van der Waals surface area (Å²) in [6.07, 6.45) is 4.62. The molecule has 2 N–H and O–H groups in total. The molecule has 1 heterocycles. The topological polar surface area (TPSA) is 38.9 Å². The molecule has 0 aliphatic heterocycles. The minimum Gasteiger partial charge on any atom is -0.324 e. The molecule has 0 saturated heterocycles. The van der Waals surface area contributed by atoms with Gasteiger partial charge >= 0.3 is 0 Å². The van der Waals surface area contributed by atoms with Crippen molar-refractivity contribution in [2.24, 2.45) is 17.6 Å². The maximum absolute atomic E-state index is 6.33. The molecule has 2 atom stereocenters. The van der Waals surface area contributed by atoms with Crippen LogP contribution in [-0.2, 0) is 0 Å². The average Bonchev–Trinajstić information content (AvgIpc) is 3.21. The summed E-state index contributed by atoms with van der Waals surface area (Å²) in [6.45, 7) is 2.26. The van der Waals surface area contributed by atoms with Crippen molar-refractivity contribution >= 4 is 10.9 Å². The van der Waals surface area contributed by atoms with Crippen molar-refractivity contribution in [1.82, 2.24) is 4.98 Å². The van der Waals surface area contributed by atoms with E-state index in [-0.39, 0.29) is 6.04 Å². The minimum atomic E-state index is 0.125. The van der Waals surface area contributed by atoms with Crippen LogP contribution in [0.3, 0.4) is 0 Å². The highest BCUT2D eigenvalue weighted by Crippen LogP contribution is 2.41. The number of benzene rings is 1. The zero-order valence-corrected chi connectivity index (χ0v) is 10.1. The van der Waals surface area contributed by atoms with E-state index in [4.69, 9.17) is 5.73 Å². The first-order valence-corrected chi connectivity index (χ1v) is 6.36. The van der Waals surface area contributed by atoms with Gasteiger partial charge in [-0.3, -0.25) is 4.98 Å². The van der Waals surface area contributed by atoms with Gasteiger partial charge in [-0.05, 0) is 42.4 Å². The second-order valence-electron chi connectivity index (χ2n) is 5.18. The molecule has 0 amide bonds. The summed E-state index contributed by atoms with van der Waals surface area (Å²) in [5.74, 6) is 1.40. The molecule has 0 spiro atoms. The number of nitrogens with two attached hydrogens (primary N) is 1. The van der Waals surface area contributed by atoms with Gasteiger partial charge in [0.05, 0.1) is 5.52 Å². The Kier molecular flexibility index (Phi) is 2.60. The van der Waals surface area contributed by atoms with Crippen molar-refractivity contribution in [3.05, 3.63) is 42.1 Å². The number of nitrogens with zero attached hydrogens (tertiary/aromatic N) is 1.